The average Bonchev–Trinajstić information content (AvgIpc) is 3.14. The van der Waals surface area contributed by atoms with Crippen LogP contribution in [0.25, 0.3) is 0 Å². The quantitative estimate of drug-likeness (QED) is 0.832. The van der Waals surface area contributed by atoms with Crippen molar-refractivity contribution in [1.82, 2.24) is 5.32 Å². The Morgan fingerprint density at radius 2 is 2.06 bits per heavy atom. The molecule has 1 N–H and O–H groups in total. The summed E-state index contributed by atoms with van der Waals surface area (Å²) in [4.78, 5) is 0. The smallest absolute Gasteiger partial charge is 0.107 e. The maximum atomic E-state index is 9.58. The van der Waals surface area contributed by atoms with Crippen molar-refractivity contribution in [2.75, 3.05) is 13.2 Å². The molecule has 100 valence electrons. The van der Waals surface area contributed by atoms with Gasteiger partial charge >= 0.3 is 0 Å². The number of nitriles is 1. The van der Waals surface area contributed by atoms with Gasteiger partial charge in [0.15, 0.2) is 0 Å². The lowest BCUT2D eigenvalue weighted by Crippen LogP contribution is -2.50. The molecule has 1 heterocycles. The summed E-state index contributed by atoms with van der Waals surface area (Å²) in [5, 5.41) is 13.1. The summed E-state index contributed by atoms with van der Waals surface area (Å²) in [5.74, 6) is 1.73. The van der Waals surface area contributed by atoms with Crippen LogP contribution in [0.3, 0.4) is 0 Å². The maximum absolute atomic E-state index is 9.58. The lowest BCUT2D eigenvalue weighted by Gasteiger charge is -2.37. The molecule has 3 unspecified atom stereocenters. The first-order chi connectivity index (χ1) is 8.81. The van der Waals surface area contributed by atoms with Gasteiger partial charge in [-0.25, -0.2) is 0 Å². The van der Waals surface area contributed by atoms with Crippen LogP contribution in [0.1, 0.15) is 51.4 Å². The average molecular weight is 248 g/mol. The fraction of sp³-hybridized carbons (Fsp3) is 0.933. The molecular weight excluding hydrogens is 224 g/mol. The van der Waals surface area contributed by atoms with Gasteiger partial charge in [-0.3, -0.25) is 5.32 Å². The van der Waals surface area contributed by atoms with Crippen LogP contribution in [-0.4, -0.2) is 24.8 Å². The van der Waals surface area contributed by atoms with Crippen LogP contribution >= 0.6 is 0 Å². The highest BCUT2D eigenvalue weighted by Gasteiger charge is 2.42. The minimum atomic E-state index is -0.253. The van der Waals surface area contributed by atoms with Gasteiger partial charge < -0.3 is 4.74 Å². The molecule has 3 rings (SSSR count). The van der Waals surface area contributed by atoms with Crippen LogP contribution in [0.15, 0.2) is 0 Å². The van der Waals surface area contributed by atoms with Gasteiger partial charge in [-0.2, -0.15) is 5.26 Å². The van der Waals surface area contributed by atoms with E-state index in [9.17, 15) is 5.26 Å². The Morgan fingerprint density at radius 1 is 1.17 bits per heavy atom. The molecule has 18 heavy (non-hydrogen) atoms. The van der Waals surface area contributed by atoms with Gasteiger partial charge in [0.1, 0.15) is 5.54 Å². The molecule has 3 atom stereocenters. The fourth-order valence-electron chi connectivity index (χ4n) is 3.70. The second kappa shape index (κ2) is 5.19. The summed E-state index contributed by atoms with van der Waals surface area (Å²) in [6, 6.07) is 2.59. The minimum absolute atomic E-state index is 0.253. The molecule has 3 aliphatic rings. The Balaban J connectivity index is 1.56. The third-order valence-corrected chi connectivity index (χ3v) is 4.98. The van der Waals surface area contributed by atoms with Gasteiger partial charge in [0, 0.05) is 13.2 Å². The molecule has 0 amide bonds. The largest absolute Gasteiger partial charge is 0.377 e. The molecule has 0 aromatic rings. The highest BCUT2D eigenvalue weighted by molar-refractivity contribution is 5.11. The van der Waals surface area contributed by atoms with Gasteiger partial charge in [0.25, 0.3) is 0 Å². The van der Waals surface area contributed by atoms with Gasteiger partial charge in [-0.05, 0) is 56.8 Å². The molecule has 1 saturated heterocycles. The highest BCUT2D eigenvalue weighted by atomic mass is 16.5. The number of hydrogen-bond donors (Lipinski definition) is 1. The zero-order valence-electron chi connectivity index (χ0n) is 11.2. The lowest BCUT2D eigenvalue weighted by atomic mass is 9.74. The van der Waals surface area contributed by atoms with Gasteiger partial charge in [-0.15, -0.1) is 0 Å². The number of ether oxygens (including phenoxy) is 1. The molecule has 0 aromatic carbocycles. The van der Waals surface area contributed by atoms with E-state index in [0.29, 0.717) is 6.10 Å². The summed E-state index contributed by atoms with van der Waals surface area (Å²) in [5.41, 5.74) is -0.253. The van der Waals surface area contributed by atoms with E-state index in [4.69, 9.17) is 4.74 Å². The molecule has 2 saturated carbocycles. The van der Waals surface area contributed by atoms with Crippen molar-refractivity contribution in [1.29, 1.82) is 5.26 Å². The third kappa shape index (κ3) is 2.70. The van der Waals surface area contributed by atoms with E-state index in [-0.39, 0.29) is 5.54 Å². The predicted molar refractivity (Wildman–Crippen MR) is 70.0 cm³/mol. The molecule has 0 bridgehead atoms. The monoisotopic (exact) mass is 248 g/mol. The van der Waals surface area contributed by atoms with Crippen molar-refractivity contribution in [2.45, 2.75) is 63.0 Å². The lowest BCUT2D eigenvalue weighted by molar-refractivity contribution is 0.0968. The number of hydrogen-bond acceptors (Lipinski definition) is 3. The number of nitrogens with one attached hydrogen (secondary N) is 1. The Hall–Kier alpha value is -0.590. The Bertz CT molecular complexity index is 328. The molecule has 1 aliphatic heterocycles. The Labute approximate surface area is 110 Å². The van der Waals surface area contributed by atoms with Gasteiger partial charge in [0.2, 0.25) is 0 Å². The van der Waals surface area contributed by atoms with Crippen LogP contribution in [0.5, 0.6) is 0 Å². The Kier molecular flexibility index (Phi) is 3.59. The minimum Gasteiger partial charge on any atom is -0.377 e. The predicted octanol–water partition coefficient (Wildman–Crippen LogP) is 2.62. The van der Waals surface area contributed by atoms with Crippen LogP contribution in [0.2, 0.25) is 0 Å². The standard InChI is InChI=1S/C15H24N2O/c16-11-15(17-10-14-4-2-8-18-14)7-1-3-13(9-15)12-5-6-12/h12-14,17H,1-10H2. The first kappa shape index (κ1) is 12.4. The second-order valence-electron chi connectivity index (χ2n) is 6.40. The summed E-state index contributed by atoms with van der Waals surface area (Å²) >= 11 is 0. The molecule has 3 heteroatoms. The first-order valence-electron chi connectivity index (χ1n) is 7.59. The van der Waals surface area contributed by atoms with Crippen molar-refractivity contribution in [3.8, 4) is 6.07 Å². The number of rotatable bonds is 4. The van der Waals surface area contributed by atoms with Gasteiger partial charge in [-0.1, -0.05) is 6.42 Å². The van der Waals surface area contributed by atoms with E-state index in [1.54, 1.807) is 0 Å². The van der Waals surface area contributed by atoms with E-state index in [0.717, 1.165) is 44.2 Å². The molecule has 2 aliphatic carbocycles. The molecule has 0 radical (unpaired) electrons. The second-order valence-corrected chi connectivity index (χ2v) is 6.40. The van der Waals surface area contributed by atoms with Gasteiger partial charge in [0.05, 0.1) is 12.2 Å². The van der Waals surface area contributed by atoms with Crippen LogP contribution in [0.4, 0.5) is 0 Å². The third-order valence-electron chi connectivity index (χ3n) is 4.98. The van der Waals surface area contributed by atoms with E-state index in [1.165, 1.54) is 32.1 Å². The maximum Gasteiger partial charge on any atom is 0.107 e. The van der Waals surface area contributed by atoms with Crippen molar-refractivity contribution in [3.05, 3.63) is 0 Å². The van der Waals surface area contributed by atoms with Crippen LogP contribution in [-0.2, 0) is 4.74 Å². The SMILES string of the molecule is N#CC1(NCC2CCCO2)CCCC(C2CC2)C1. The molecular formula is C15H24N2O. The van der Waals surface area contributed by atoms with Crippen molar-refractivity contribution in [3.63, 3.8) is 0 Å². The summed E-state index contributed by atoms with van der Waals surface area (Å²) in [7, 11) is 0. The molecule has 0 aromatic heterocycles. The van der Waals surface area contributed by atoms with E-state index < -0.39 is 0 Å². The Morgan fingerprint density at radius 3 is 2.72 bits per heavy atom. The van der Waals surface area contributed by atoms with E-state index in [2.05, 4.69) is 11.4 Å². The van der Waals surface area contributed by atoms with E-state index >= 15 is 0 Å². The summed E-state index contributed by atoms with van der Waals surface area (Å²) in [6.45, 7) is 1.77. The zero-order valence-corrected chi connectivity index (χ0v) is 11.2. The molecule has 3 fully saturated rings. The fourth-order valence-corrected chi connectivity index (χ4v) is 3.70. The normalized spacial score (nSPS) is 40.6. The summed E-state index contributed by atoms with van der Waals surface area (Å²) in [6.07, 6.45) is 10.1. The molecule has 3 nitrogen and oxygen atoms in total. The highest BCUT2D eigenvalue weighted by Crippen LogP contribution is 2.46. The van der Waals surface area contributed by atoms with Crippen molar-refractivity contribution >= 4 is 0 Å². The van der Waals surface area contributed by atoms with Crippen molar-refractivity contribution in [2.24, 2.45) is 11.8 Å². The molecule has 0 spiro atoms. The summed E-state index contributed by atoms with van der Waals surface area (Å²) < 4.78 is 5.65. The topological polar surface area (TPSA) is 45.0 Å². The van der Waals surface area contributed by atoms with Crippen LogP contribution < -0.4 is 5.32 Å². The zero-order chi connectivity index (χ0) is 12.4. The number of nitrogens with zero attached hydrogens (tertiary/aromatic N) is 1. The van der Waals surface area contributed by atoms with Crippen molar-refractivity contribution < 1.29 is 4.74 Å². The first-order valence-corrected chi connectivity index (χ1v) is 7.59. The van der Waals surface area contributed by atoms with E-state index in [1.807, 2.05) is 0 Å². The van der Waals surface area contributed by atoms with Crippen LogP contribution in [0, 0.1) is 23.2 Å².